The Morgan fingerprint density at radius 2 is 1.88 bits per heavy atom. The van der Waals surface area contributed by atoms with E-state index in [1.807, 2.05) is 61.5 Å². The molecule has 0 N–H and O–H groups in total. The van der Waals surface area contributed by atoms with Crippen LogP contribution in [0.2, 0.25) is 0 Å². The summed E-state index contributed by atoms with van der Waals surface area (Å²) in [4.78, 5) is 4.64. The van der Waals surface area contributed by atoms with Crippen molar-refractivity contribution in [3.05, 3.63) is 65.9 Å². The van der Waals surface area contributed by atoms with E-state index < -0.39 is 0 Å². The molecule has 0 spiro atoms. The molecule has 1 heterocycles. The van der Waals surface area contributed by atoms with Gasteiger partial charge in [0.15, 0.2) is 11.5 Å². The van der Waals surface area contributed by atoms with Crippen LogP contribution in [0.15, 0.2) is 54.6 Å². The third kappa shape index (κ3) is 4.19. The van der Waals surface area contributed by atoms with Gasteiger partial charge >= 0.3 is 0 Å². The van der Waals surface area contributed by atoms with E-state index in [-0.39, 0.29) is 6.61 Å². The number of pyridine rings is 1. The van der Waals surface area contributed by atoms with Crippen LogP contribution in [-0.2, 0) is 0 Å². The highest BCUT2D eigenvalue weighted by molar-refractivity contribution is 5.80. The molecule has 0 unspecified atom stereocenters. The number of hydrogen-bond acceptors (Lipinski definition) is 3. The number of hydrogen-bond donors (Lipinski definition) is 0. The van der Waals surface area contributed by atoms with Crippen LogP contribution in [0.25, 0.3) is 23.1 Å². The van der Waals surface area contributed by atoms with Gasteiger partial charge in [0.1, 0.15) is 6.61 Å². The molecule has 0 fully saturated rings. The maximum atomic E-state index is 5.64. The molecule has 0 radical (unpaired) electrons. The van der Waals surface area contributed by atoms with Crippen molar-refractivity contribution in [1.29, 1.82) is 0 Å². The second-order valence-electron chi connectivity index (χ2n) is 5.39. The molecule has 0 aliphatic rings. The predicted molar refractivity (Wildman–Crippen MR) is 103 cm³/mol. The first-order valence-electron chi connectivity index (χ1n) is 8.17. The second kappa shape index (κ2) is 8.03. The predicted octanol–water partition coefficient (Wildman–Crippen LogP) is 4.82. The molecule has 3 aromatic rings. The van der Waals surface area contributed by atoms with Gasteiger partial charge in [-0.15, -0.1) is 6.42 Å². The van der Waals surface area contributed by atoms with Gasteiger partial charge in [0, 0.05) is 5.39 Å². The lowest BCUT2D eigenvalue weighted by atomic mass is 10.1. The molecule has 0 aliphatic heterocycles. The van der Waals surface area contributed by atoms with Crippen LogP contribution in [0.3, 0.4) is 0 Å². The van der Waals surface area contributed by atoms with Gasteiger partial charge in [0.25, 0.3) is 0 Å². The summed E-state index contributed by atoms with van der Waals surface area (Å²) in [6.07, 6.45) is 9.24. The maximum absolute atomic E-state index is 5.64. The minimum atomic E-state index is 0.219. The van der Waals surface area contributed by atoms with Crippen molar-refractivity contribution in [2.75, 3.05) is 13.2 Å². The van der Waals surface area contributed by atoms with Gasteiger partial charge in [-0.3, -0.25) is 0 Å². The van der Waals surface area contributed by atoms with Crippen molar-refractivity contribution in [1.82, 2.24) is 4.98 Å². The molecular weight excluding hydrogens is 310 g/mol. The fourth-order valence-electron chi connectivity index (χ4n) is 2.49. The number of ether oxygens (including phenoxy) is 2. The Kier molecular flexibility index (Phi) is 5.33. The Morgan fingerprint density at radius 3 is 2.72 bits per heavy atom. The van der Waals surface area contributed by atoms with Gasteiger partial charge in [-0.05, 0) is 42.8 Å². The summed E-state index contributed by atoms with van der Waals surface area (Å²) in [6.45, 7) is 2.72. The highest BCUT2D eigenvalue weighted by Gasteiger charge is 2.05. The first-order chi connectivity index (χ1) is 12.3. The highest BCUT2D eigenvalue weighted by Crippen LogP contribution is 2.29. The van der Waals surface area contributed by atoms with Gasteiger partial charge in [0.2, 0.25) is 0 Å². The van der Waals surface area contributed by atoms with Crippen LogP contribution in [0.1, 0.15) is 18.2 Å². The second-order valence-corrected chi connectivity index (χ2v) is 5.39. The van der Waals surface area contributed by atoms with Crippen molar-refractivity contribution in [3.63, 3.8) is 0 Å². The Labute approximate surface area is 147 Å². The summed E-state index contributed by atoms with van der Waals surface area (Å²) in [6, 6.07) is 17.9. The van der Waals surface area contributed by atoms with E-state index in [9.17, 15) is 0 Å². The van der Waals surface area contributed by atoms with Gasteiger partial charge < -0.3 is 9.47 Å². The number of aromatic nitrogens is 1. The monoisotopic (exact) mass is 329 g/mol. The summed E-state index contributed by atoms with van der Waals surface area (Å²) in [5.74, 6) is 3.80. The normalized spacial score (nSPS) is 10.7. The number of rotatable bonds is 6. The first-order valence-corrected chi connectivity index (χ1v) is 8.17. The summed E-state index contributed by atoms with van der Waals surface area (Å²) in [5.41, 5.74) is 2.90. The fourth-order valence-corrected chi connectivity index (χ4v) is 2.49. The summed E-state index contributed by atoms with van der Waals surface area (Å²) in [5, 5.41) is 1.13. The van der Waals surface area contributed by atoms with Crippen LogP contribution in [-0.4, -0.2) is 18.2 Å². The fraction of sp³-hybridized carbons (Fsp3) is 0.136. The average Bonchev–Trinajstić information content (AvgIpc) is 2.65. The Bertz CT molecular complexity index is 938. The topological polar surface area (TPSA) is 31.4 Å². The largest absolute Gasteiger partial charge is 0.490 e. The Morgan fingerprint density at radius 1 is 1.00 bits per heavy atom. The highest BCUT2D eigenvalue weighted by atomic mass is 16.5. The van der Waals surface area contributed by atoms with Crippen LogP contribution in [0, 0.1) is 12.3 Å². The van der Waals surface area contributed by atoms with Gasteiger partial charge in [0.05, 0.1) is 17.8 Å². The van der Waals surface area contributed by atoms with E-state index >= 15 is 0 Å². The van der Waals surface area contributed by atoms with Crippen molar-refractivity contribution in [2.24, 2.45) is 0 Å². The maximum Gasteiger partial charge on any atom is 0.162 e. The molecule has 0 bridgehead atoms. The minimum absolute atomic E-state index is 0.219. The summed E-state index contributed by atoms with van der Waals surface area (Å²) >= 11 is 0. The SMILES string of the molecule is C#CCOc1ccc(/C=C/c2ccc3ccccc3n2)cc1OCC. The number of nitrogens with zero attached hydrogens (tertiary/aromatic N) is 1. The first kappa shape index (κ1) is 16.6. The van der Waals surface area contributed by atoms with Crippen LogP contribution in [0.5, 0.6) is 11.5 Å². The molecule has 1 aromatic heterocycles. The smallest absolute Gasteiger partial charge is 0.162 e. The molecule has 0 saturated heterocycles. The van der Waals surface area contributed by atoms with E-state index in [1.54, 1.807) is 0 Å². The van der Waals surface area contributed by atoms with Crippen molar-refractivity contribution in [2.45, 2.75) is 6.92 Å². The third-order valence-corrected chi connectivity index (χ3v) is 3.65. The lowest BCUT2D eigenvalue weighted by molar-refractivity contribution is 0.299. The number of terminal acetylenes is 1. The third-order valence-electron chi connectivity index (χ3n) is 3.65. The van der Waals surface area contributed by atoms with E-state index in [4.69, 9.17) is 15.9 Å². The number of fused-ring (bicyclic) bond motifs is 1. The van der Waals surface area contributed by atoms with Gasteiger partial charge in [-0.1, -0.05) is 42.3 Å². The Balaban J connectivity index is 1.84. The van der Waals surface area contributed by atoms with Crippen LogP contribution in [0.4, 0.5) is 0 Å². The molecule has 3 nitrogen and oxygen atoms in total. The molecule has 2 aromatic carbocycles. The molecule has 0 saturated carbocycles. The number of benzene rings is 2. The zero-order valence-electron chi connectivity index (χ0n) is 14.1. The quantitative estimate of drug-likeness (QED) is 0.608. The van der Waals surface area contributed by atoms with E-state index in [1.165, 1.54) is 0 Å². The average molecular weight is 329 g/mol. The minimum Gasteiger partial charge on any atom is -0.490 e. The molecule has 3 rings (SSSR count). The van der Waals surface area contributed by atoms with Gasteiger partial charge in [-0.25, -0.2) is 4.98 Å². The molecule has 0 amide bonds. The lowest BCUT2D eigenvalue weighted by Crippen LogP contribution is -1.99. The Hall–Kier alpha value is -3.25. The summed E-state index contributed by atoms with van der Waals surface area (Å²) < 4.78 is 11.1. The van der Waals surface area contributed by atoms with Crippen molar-refractivity contribution >= 4 is 23.1 Å². The molecule has 0 atom stereocenters. The van der Waals surface area contributed by atoms with Crippen molar-refractivity contribution in [3.8, 4) is 23.8 Å². The van der Waals surface area contributed by atoms with Crippen molar-refractivity contribution < 1.29 is 9.47 Å². The van der Waals surface area contributed by atoms with E-state index in [0.29, 0.717) is 18.1 Å². The standard InChI is InChI=1S/C22H19NO2/c1-3-15-25-21-14-10-17(16-22(21)24-4-2)9-12-19-13-11-18-7-5-6-8-20(18)23-19/h1,5-14,16H,4,15H2,2H3/b12-9+. The lowest BCUT2D eigenvalue weighted by Gasteiger charge is -2.10. The summed E-state index contributed by atoms with van der Waals surface area (Å²) in [7, 11) is 0. The van der Waals surface area contributed by atoms with E-state index in [2.05, 4.69) is 23.0 Å². The molecule has 0 aliphatic carbocycles. The van der Waals surface area contributed by atoms with Gasteiger partial charge in [-0.2, -0.15) is 0 Å². The number of para-hydroxylation sites is 1. The molecule has 25 heavy (non-hydrogen) atoms. The zero-order valence-corrected chi connectivity index (χ0v) is 14.1. The van der Waals surface area contributed by atoms with Crippen LogP contribution < -0.4 is 9.47 Å². The van der Waals surface area contributed by atoms with E-state index in [0.717, 1.165) is 22.2 Å². The molecular formula is C22H19NO2. The van der Waals surface area contributed by atoms with Crippen LogP contribution >= 0.6 is 0 Å². The zero-order chi connectivity index (χ0) is 17.5. The molecule has 124 valence electrons. The molecule has 3 heteroatoms.